The highest BCUT2D eigenvalue weighted by Gasteiger charge is 2.28. The van der Waals surface area contributed by atoms with E-state index in [4.69, 9.17) is 25.8 Å². The van der Waals surface area contributed by atoms with Crippen LogP contribution in [0.4, 0.5) is 5.69 Å². The van der Waals surface area contributed by atoms with Crippen molar-refractivity contribution in [1.82, 2.24) is 5.32 Å². The van der Waals surface area contributed by atoms with Gasteiger partial charge in [-0.25, -0.2) is 8.42 Å². The number of nitrogens with zero attached hydrogens (tertiary/aromatic N) is 1. The molecule has 3 aromatic carbocycles. The first-order chi connectivity index (χ1) is 18.8. The molecule has 0 spiro atoms. The number of methoxy groups -OCH3 is 2. The minimum absolute atomic E-state index is 0.0285. The molecule has 3 rings (SSSR count). The molecule has 0 heterocycles. The molecule has 0 atom stereocenters. The predicted octanol–water partition coefficient (Wildman–Crippen LogP) is 5.39. The van der Waals surface area contributed by atoms with Crippen LogP contribution in [-0.2, 0) is 20.6 Å². The van der Waals surface area contributed by atoms with Crippen molar-refractivity contribution in [2.75, 3.05) is 44.0 Å². The Morgan fingerprint density at radius 1 is 1.00 bits per heavy atom. The topological polar surface area (TPSA) is 94.2 Å². The summed E-state index contributed by atoms with van der Waals surface area (Å²) in [4.78, 5) is 12.9. The fourth-order valence-electron chi connectivity index (χ4n) is 3.70. The number of ether oxygens (including phenoxy) is 3. The lowest BCUT2D eigenvalue weighted by Gasteiger charge is -2.24. The minimum Gasteiger partial charge on any atom is -0.494 e. The Labute approximate surface area is 239 Å². The molecule has 0 aliphatic rings. The molecule has 0 bridgehead atoms. The number of hydrogen-bond donors (Lipinski definition) is 1. The lowest BCUT2D eigenvalue weighted by molar-refractivity contribution is -0.119. The van der Waals surface area contributed by atoms with Gasteiger partial charge in [0, 0.05) is 23.4 Å². The van der Waals surface area contributed by atoms with Crippen LogP contribution >= 0.6 is 23.4 Å². The highest BCUT2D eigenvalue weighted by atomic mass is 35.5. The molecule has 0 aliphatic heterocycles. The second-order valence-corrected chi connectivity index (χ2v) is 11.7. The molecule has 210 valence electrons. The summed E-state index contributed by atoms with van der Waals surface area (Å²) in [5.41, 5.74) is 1.48. The molecular weight excluding hydrogens is 560 g/mol. The minimum atomic E-state index is -4.12. The van der Waals surface area contributed by atoms with E-state index in [0.29, 0.717) is 35.4 Å². The molecular formula is C28H33ClN2O6S2. The molecule has 3 aromatic rings. The normalized spacial score (nSPS) is 11.1. The Morgan fingerprint density at radius 3 is 2.41 bits per heavy atom. The average Bonchev–Trinajstić information content (AvgIpc) is 2.93. The maximum absolute atomic E-state index is 13.7. The van der Waals surface area contributed by atoms with Gasteiger partial charge in [-0.3, -0.25) is 9.10 Å². The Balaban J connectivity index is 1.68. The van der Waals surface area contributed by atoms with Gasteiger partial charge in [0.25, 0.3) is 10.0 Å². The quantitative estimate of drug-likeness (QED) is 0.236. The molecule has 8 nitrogen and oxygen atoms in total. The monoisotopic (exact) mass is 592 g/mol. The van der Waals surface area contributed by atoms with E-state index in [1.807, 2.05) is 31.2 Å². The van der Waals surface area contributed by atoms with Crippen LogP contribution in [0.2, 0.25) is 5.02 Å². The summed E-state index contributed by atoms with van der Waals surface area (Å²) >= 11 is 7.77. The van der Waals surface area contributed by atoms with Gasteiger partial charge in [-0.05, 0) is 73.2 Å². The van der Waals surface area contributed by atoms with E-state index in [-0.39, 0.29) is 17.2 Å². The summed E-state index contributed by atoms with van der Waals surface area (Å²) in [6, 6.07) is 18.6. The summed E-state index contributed by atoms with van der Waals surface area (Å²) < 4.78 is 44.5. The van der Waals surface area contributed by atoms with Crippen LogP contribution in [0, 0.1) is 0 Å². The Morgan fingerprint density at radius 2 is 1.74 bits per heavy atom. The third kappa shape index (κ3) is 8.71. The van der Waals surface area contributed by atoms with Gasteiger partial charge in [0.05, 0.1) is 31.4 Å². The fraction of sp³-hybridized carbons (Fsp3) is 0.321. The molecule has 39 heavy (non-hydrogen) atoms. The first kappa shape index (κ1) is 30.5. The number of amides is 1. The molecule has 0 unspecified atom stereocenters. The number of anilines is 1. The average molecular weight is 593 g/mol. The van der Waals surface area contributed by atoms with Crippen molar-refractivity contribution in [3.8, 4) is 17.2 Å². The molecule has 0 fully saturated rings. The van der Waals surface area contributed by atoms with Crippen LogP contribution in [0.3, 0.4) is 0 Å². The van der Waals surface area contributed by atoms with Crippen molar-refractivity contribution in [3.63, 3.8) is 0 Å². The molecule has 11 heteroatoms. The van der Waals surface area contributed by atoms with Crippen molar-refractivity contribution in [3.05, 3.63) is 77.3 Å². The zero-order valence-electron chi connectivity index (χ0n) is 22.2. The van der Waals surface area contributed by atoms with Gasteiger partial charge in [-0.15, -0.1) is 0 Å². The first-order valence-electron chi connectivity index (χ1n) is 12.3. The standard InChI is InChI=1S/C28H33ClN2O6S2/c1-4-37-24-11-9-23(10-12-24)31(39(33,34)25-13-14-26(35-2)27(18-25)36-3)19-28(32)30-15-6-16-38-20-21-7-5-8-22(29)17-21/h5,7-14,17-18H,4,6,15-16,19-20H2,1-3H3,(H,30,32). The Kier molecular flexibility index (Phi) is 11.6. The Bertz CT molecular complexity index is 1340. The molecule has 0 saturated carbocycles. The number of hydrogen-bond acceptors (Lipinski definition) is 7. The second kappa shape index (κ2) is 14.9. The first-order valence-corrected chi connectivity index (χ1v) is 15.3. The number of sulfonamides is 1. The Hall–Kier alpha value is -3.08. The van der Waals surface area contributed by atoms with E-state index < -0.39 is 15.9 Å². The van der Waals surface area contributed by atoms with Crippen molar-refractivity contribution in [2.24, 2.45) is 0 Å². The third-order valence-corrected chi connectivity index (χ3v) is 8.73. The number of rotatable bonds is 15. The summed E-state index contributed by atoms with van der Waals surface area (Å²) in [6.45, 7) is 2.38. The van der Waals surface area contributed by atoms with Gasteiger partial charge in [0.2, 0.25) is 5.91 Å². The molecule has 1 N–H and O–H groups in total. The van der Waals surface area contributed by atoms with E-state index in [1.165, 1.54) is 32.4 Å². The van der Waals surface area contributed by atoms with E-state index >= 15 is 0 Å². The SMILES string of the molecule is CCOc1ccc(N(CC(=O)NCCCSCc2cccc(Cl)c2)S(=O)(=O)c2ccc(OC)c(OC)c2)cc1. The fourth-order valence-corrected chi connectivity index (χ4v) is 6.26. The zero-order valence-corrected chi connectivity index (χ0v) is 24.6. The number of nitrogens with one attached hydrogen (secondary N) is 1. The third-order valence-electron chi connectivity index (χ3n) is 5.61. The van der Waals surface area contributed by atoms with E-state index in [1.54, 1.807) is 36.0 Å². The summed E-state index contributed by atoms with van der Waals surface area (Å²) in [5.74, 6) is 2.51. The lowest BCUT2D eigenvalue weighted by Crippen LogP contribution is -2.41. The van der Waals surface area contributed by atoms with Gasteiger partial charge in [-0.2, -0.15) is 11.8 Å². The van der Waals surface area contributed by atoms with Crippen LogP contribution in [0.1, 0.15) is 18.9 Å². The van der Waals surface area contributed by atoms with Gasteiger partial charge in [-0.1, -0.05) is 23.7 Å². The lowest BCUT2D eigenvalue weighted by atomic mass is 10.2. The maximum atomic E-state index is 13.7. The predicted molar refractivity (Wildman–Crippen MR) is 157 cm³/mol. The molecule has 0 radical (unpaired) electrons. The van der Waals surface area contributed by atoms with E-state index in [2.05, 4.69) is 5.32 Å². The van der Waals surface area contributed by atoms with E-state index in [0.717, 1.165) is 27.8 Å². The van der Waals surface area contributed by atoms with Crippen molar-refractivity contribution in [1.29, 1.82) is 0 Å². The summed E-state index contributed by atoms with van der Waals surface area (Å²) in [6.07, 6.45) is 0.739. The summed E-state index contributed by atoms with van der Waals surface area (Å²) in [7, 11) is -1.22. The highest BCUT2D eigenvalue weighted by molar-refractivity contribution is 7.98. The van der Waals surface area contributed by atoms with Crippen molar-refractivity contribution >= 4 is 45.0 Å². The number of benzene rings is 3. The van der Waals surface area contributed by atoms with Crippen LogP contribution in [0.25, 0.3) is 0 Å². The van der Waals surface area contributed by atoms with Crippen LogP contribution < -0.4 is 23.8 Å². The number of carbonyl (C=O) groups is 1. The maximum Gasteiger partial charge on any atom is 0.264 e. The van der Waals surface area contributed by atoms with Crippen LogP contribution in [-0.4, -0.2) is 54.0 Å². The van der Waals surface area contributed by atoms with Crippen molar-refractivity contribution in [2.45, 2.75) is 24.0 Å². The van der Waals surface area contributed by atoms with Gasteiger partial charge >= 0.3 is 0 Å². The molecule has 1 amide bonds. The molecule has 0 aromatic heterocycles. The molecule has 0 aliphatic carbocycles. The summed E-state index contributed by atoms with van der Waals surface area (Å²) in [5, 5.41) is 3.55. The number of thioether (sulfide) groups is 1. The smallest absolute Gasteiger partial charge is 0.264 e. The van der Waals surface area contributed by atoms with Gasteiger partial charge in [0.1, 0.15) is 12.3 Å². The van der Waals surface area contributed by atoms with Crippen LogP contribution in [0.5, 0.6) is 17.2 Å². The van der Waals surface area contributed by atoms with Gasteiger partial charge < -0.3 is 19.5 Å². The van der Waals surface area contributed by atoms with E-state index in [9.17, 15) is 13.2 Å². The molecule has 0 saturated heterocycles. The largest absolute Gasteiger partial charge is 0.494 e. The van der Waals surface area contributed by atoms with Crippen LogP contribution in [0.15, 0.2) is 71.6 Å². The highest BCUT2D eigenvalue weighted by Crippen LogP contribution is 2.32. The second-order valence-electron chi connectivity index (χ2n) is 8.34. The number of carbonyl (C=O) groups excluding carboxylic acids is 1. The van der Waals surface area contributed by atoms with Crippen molar-refractivity contribution < 1.29 is 27.4 Å². The number of halogens is 1. The zero-order chi connectivity index (χ0) is 28.3. The van der Waals surface area contributed by atoms with Gasteiger partial charge in [0.15, 0.2) is 11.5 Å².